The van der Waals surface area contributed by atoms with Crippen LogP contribution in [0, 0.1) is 17.1 Å². The van der Waals surface area contributed by atoms with E-state index in [1.54, 1.807) is 79.6 Å². The Morgan fingerprint density at radius 3 is 1.24 bits per heavy atom. The molecule has 19 aromatic heterocycles. The van der Waals surface area contributed by atoms with E-state index in [1.165, 1.54) is 28.4 Å². The summed E-state index contributed by atoms with van der Waals surface area (Å²) in [6.45, 7) is 3.63. The van der Waals surface area contributed by atoms with Gasteiger partial charge in [0.25, 0.3) is 0 Å². The molecule has 0 aromatic carbocycles. The van der Waals surface area contributed by atoms with Crippen molar-refractivity contribution < 1.29 is 40.9 Å². The van der Waals surface area contributed by atoms with Crippen LogP contribution in [-0.4, -0.2) is 163 Å². The molecule has 1 atom stereocenters. The molecule has 0 bridgehead atoms. The largest absolute Gasteiger partial charge is 0.389 e. The van der Waals surface area contributed by atoms with Crippen LogP contribution >= 0.6 is 0 Å². The van der Waals surface area contributed by atoms with Crippen molar-refractivity contribution in [3.05, 3.63) is 145 Å². The van der Waals surface area contributed by atoms with Crippen LogP contribution in [0.1, 0.15) is 187 Å². The third-order valence-corrected chi connectivity index (χ3v) is 25.2. The van der Waals surface area contributed by atoms with Crippen molar-refractivity contribution in [2.45, 2.75) is 171 Å². The van der Waals surface area contributed by atoms with Gasteiger partial charge in [-0.05, 0) is 146 Å². The van der Waals surface area contributed by atoms with E-state index in [2.05, 4.69) is 91.1 Å². The van der Waals surface area contributed by atoms with Crippen LogP contribution in [0.2, 0.25) is 0 Å². The fourth-order valence-electron chi connectivity index (χ4n) is 17.8. The molecule has 6 saturated carbocycles. The SMILES string of the molecule is CC(C#N)n1nc(-c2cc(C3CC3)on2)c2c(N)ncc(F)c21.Cn1ccc(-c2c(-c3nn(C(CF)CF)c4ccnc(N)c34)noc2C2CC2)n1.Cn1ccc(-c2c(-c3nn(C)c4ccnc(N)c34)noc2C2CC2)n1.Cn1ccc(-c2c(-c3nn(C4CCCC4)c4ccnc(N)c34)noc2C2CC2)n1.Cn1ccc(-c2c(-c3nn(CC(C)(C)O)c4ccnc(N)c34)noc2C2CC2)n1. The standard InChI is InChI=1S/C21H23N7O.C20H23N7O2.C19H19F2N7O.C17H17N7O.C15H13FN6O/c1-27-11-9-14(24-27)16-19(26-29-20(16)12-6-7-12)18-17-15(8-10-23-21(17)22)28(25-18)13-4-2-3-5-13;1-20(2,28)10-27-13-6-8-22-19(21)15(13)16(24-27)17-14(12-7-9-26(3)23-12)18(29-25-17)11-4-5-11;1-27-7-5-12(24-27)14-17(26-29-18(14)10-2-3-10)16-15-13(4-6-23-19(15)22)28(25-16)11(8-20)9-21;1-23-8-6-10(20-23)12-15(22-25-16(12)9-3-4-9)14-13-11(24(2)21-14)5-7-19-17(13)18;1-7(5-17)22-14-9(16)6-19-15(18)12(14)13(20-22)10-4-11(23-21-10)8-2-3-8/h8-13H,2-7H2,1H3,(H2,22,23);6-9,11,28H,4-5,10H2,1-3H3,(H2,21,22);4-7,10-11H,2-3,8-9H2,1H3,(H2,22,23);5-9H,3-4H2,1-2H3,(H2,18,19);4,6-8H,2-3H2,1H3,(H2,18,19). The number of pyridine rings is 5. The predicted octanol–water partition coefficient (Wildman–Crippen LogP) is 15.5. The third kappa shape index (κ3) is 16.1. The summed E-state index contributed by atoms with van der Waals surface area (Å²) < 4.78 is 84.9. The van der Waals surface area contributed by atoms with Gasteiger partial charge >= 0.3 is 0 Å². The quantitative estimate of drug-likeness (QED) is 0.0389. The average Bonchev–Trinajstić information content (AvgIpc) is 1.60. The number of aryl methyl sites for hydroxylation is 5. The van der Waals surface area contributed by atoms with E-state index in [0.717, 1.165) is 184 Å². The number of fused-ring (bicyclic) bond motifs is 5. The summed E-state index contributed by atoms with van der Waals surface area (Å²) in [5.74, 6) is 7.06. The molecular weight excluding hydrogens is 1730 g/mol. The van der Waals surface area contributed by atoms with Crippen molar-refractivity contribution in [1.82, 2.24) is 139 Å². The molecule has 19 aromatic rings. The summed E-state index contributed by atoms with van der Waals surface area (Å²) in [5.41, 5.74) is 45.5. The molecule has 1 unspecified atom stereocenters. The highest BCUT2D eigenvalue weighted by molar-refractivity contribution is 6.06. The summed E-state index contributed by atoms with van der Waals surface area (Å²) in [6.07, 6.45) is 30.7. The van der Waals surface area contributed by atoms with E-state index in [9.17, 15) is 18.3 Å². The van der Waals surface area contributed by atoms with E-state index < -0.39 is 36.9 Å². The molecule has 6 aliphatic rings. The number of rotatable bonds is 21. The second-order valence-corrected chi connectivity index (χ2v) is 36.0. The Hall–Kier alpha value is -15.8. The molecule has 135 heavy (non-hydrogen) atoms. The van der Waals surface area contributed by atoms with Gasteiger partial charge in [-0.3, -0.25) is 37.5 Å². The fraction of sp³-hybridized carbons (Fsp3) is 0.370. The summed E-state index contributed by atoms with van der Waals surface area (Å²) in [4.78, 5) is 20.8. The van der Waals surface area contributed by atoms with Crippen molar-refractivity contribution in [3.8, 4) is 108 Å². The lowest BCUT2D eigenvalue weighted by molar-refractivity contribution is 0.0592. The van der Waals surface area contributed by atoms with Crippen molar-refractivity contribution in [3.63, 3.8) is 0 Å². The van der Waals surface area contributed by atoms with E-state index in [4.69, 9.17) is 66.7 Å². The van der Waals surface area contributed by atoms with Crippen LogP contribution in [0.25, 0.3) is 156 Å². The summed E-state index contributed by atoms with van der Waals surface area (Å²) in [6, 6.07) is 17.7. The van der Waals surface area contributed by atoms with Crippen LogP contribution < -0.4 is 28.7 Å². The average molecular weight is 1830 g/mol. The number of anilines is 5. The molecule has 19 heterocycles. The molecule has 0 saturated heterocycles. The highest BCUT2D eigenvalue weighted by atomic mass is 19.1. The Labute approximate surface area is 765 Å². The van der Waals surface area contributed by atoms with Gasteiger partial charge in [0, 0.05) is 120 Å². The minimum absolute atomic E-state index is 0.142. The molecule has 690 valence electrons. The van der Waals surface area contributed by atoms with Gasteiger partial charge in [-0.2, -0.15) is 51.2 Å². The van der Waals surface area contributed by atoms with E-state index in [1.807, 2.05) is 109 Å². The molecule has 25 rings (SSSR count). The number of nitriles is 1. The van der Waals surface area contributed by atoms with Crippen molar-refractivity contribution in [2.24, 2.45) is 35.2 Å². The maximum Gasteiger partial charge on any atom is 0.167 e. The number of hydrogen-bond acceptors (Lipinski definition) is 31. The van der Waals surface area contributed by atoms with E-state index in [0.29, 0.717) is 132 Å². The van der Waals surface area contributed by atoms with Gasteiger partial charge in [-0.1, -0.05) is 38.6 Å². The Balaban J connectivity index is 0.000000101. The topological polar surface area (TPSA) is 529 Å². The first-order valence-electron chi connectivity index (χ1n) is 44.8. The smallest absolute Gasteiger partial charge is 0.167 e. The van der Waals surface area contributed by atoms with Gasteiger partial charge in [-0.25, -0.2) is 42.8 Å². The minimum Gasteiger partial charge on any atom is -0.389 e. The number of hydrogen-bond donors (Lipinski definition) is 6. The number of nitrogens with zero attached hydrogens (tertiary/aromatic N) is 29. The molecule has 43 heteroatoms. The van der Waals surface area contributed by atoms with Gasteiger partial charge in [0.15, 0.2) is 5.82 Å². The van der Waals surface area contributed by atoms with Crippen LogP contribution in [0.5, 0.6) is 0 Å². The van der Waals surface area contributed by atoms with Crippen LogP contribution in [0.4, 0.5) is 42.3 Å². The molecule has 6 aliphatic carbocycles. The molecular formula is C92H95F3N34O6. The highest BCUT2D eigenvalue weighted by Gasteiger charge is 2.42. The third-order valence-electron chi connectivity index (χ3n) is 25.2. The van der Waals surface area contributed by atoms with Crippen LogP contribution in [0.15, 0.2) is 133 Å². The Bertz CT molecular complexity index is 7570. The Morgan fingerprint density at radius 1 is 0.430 bits per heavy atom. The van der Waals surface area contributed by atoms with Crippen LogP contribution in [0.3, 0.4) is 0 Å². The molecule has 6 fully saturated rings. The zero-order chi connectivity index (χ0) is 93.3. The van der Waals surface area contributed by atoms with Crippen LogP contribution in [-0.2, 0) is 41.8 Å². The second-order valence-electron chi connectivity index (χ2n) is 36.0. The second kappa shape index (κ2) is 34.1. The van der Waals surface area contributed by atoms with Gasteiger partial charge in [0.2, 0.25) is 0 Å². The maximum absolute atomic E-state index is 14.3. The lowest BCUT2D eigenvalue weighted by atomic mass is 10.0. The molecule has 40 nitrogen and oxygen atoms in total. The fourth-order valence-corrected chi connectivity index (χ4v) is 17.8. The normalized spacial score (nSPS) is 15.4. The summed E-state index contributed by atoms with van der Waals surface area (Å²) in [7, 11) is 9.40. The lowest BCUT2D eigenvalue weighted by Gasteiger charge is -2.17. The monoisotopic (exact) mass is 1830 g/mol. The number of halogens is 3. The highest BCUT2D eigenvalue weighted by Crippen LogP contribution is 2.54. The zero-order valence-corrected chi connectivity index (χ0v) is 75.0. The molecule has 0 radical (unpaired) electrons. The van der Waals surface area contributed by atoms with Gasteiger partial charge < -0.3 is 56.4 Å². The maximum atomic E-state index is 14.3. The Morgan fingerprint density at radius 2 is 0.815 bits per heavy atom. The van der Waals surface area contributed by atoms with Gasteiger partial charge in [0.1, 0.15) is 146 Å². The lowest BCUT2D eigenvalue weighted by Crippen LogP contribution is -2.26. The number of alkyl halides is 2. The molecule has 0 amide bonds. The Kier molecular flexibility index (Phi) is 21.7. The number of aromatic nitrogens is 28. The van der Waals surface area contributed by atoms with E-state index >= 15 is 0 Å². The van der Waals surface area contributed by atoms with Gasteiger partial charge in [-0.15, -0.1) is 0 Å². The predicted molar refractivity (Wildman–Crippen MR) is 492 cm³/mol. The minimum atomic E-state index is -1.05. The van der Waals surface area contributed by atoms with Crippen molar-refractivity contribution in [1.29, 1.82) is 5.26 Å². The number of nitrogens with two attached hydrogens (primary N) is 5. The molecule has 0 aliphatic heterocycles. The summed E-state index contributed by atoms with van der Waals surface area (Å²) in [5, 5.41) is 85.8. The molecule has 11 N–H and O–H groups in total. The first-order chi connectivity index (χ1) is 65.4. The zero-order valence-electron chi connectivity index (χ0n) is 75.0. The van der Waals surface area contributed by atoms with Gasteiger partial charge in [0.05, 0.1) is 124 Å². The number of nitrogen functional groups attached to an aromatic ring is 5. The van der Waals surface area contributed by atoms with Crippen molar-refractivity contribution >= 4 is 83.6 Å². The molecule has 0 spiro atoms. The first-order valence-corrected chi connectivity index (χ1v) is 44.8. The summed E-state index contributed by atoms with van der Waals surface area (Å²) >= 11 is 0. The first kappa shape index (κ1) is 86.0. The number of aliphatic hydroxyl groups is 1. The van der Waals surface area contributed by atoms with Crippen molar-refractivity contribution in [2.75, 3.05) is 42.0 Å². The van der Waals surface area contributed by atoms with E-state index in [-0.39, 0.29) is 23.1 Å².